The zero-order chi connectivity index (χ0) is 23.9. The highest BCUT2D eigenvalue weighted by molar-refractivity contribution is 7.07. The van der Waals surface area contributed by atoms with Crippen LogP contribution in [0.3, 0.4) is 0 Å². The summed E-state index contributed by atoms with van der Waals surface area (Å²) in [5.41, 5.74) is 1.33. The summed E-state index contributed by atoms with van der Waals surface area (Å²) in [6, 6.07) is 10.0. The Morgan fingerprint density at radius 1 is 1.24 bits per heavy atom. The molecule has 0 bridgehead atoms. The minimum Gasteiger partial charge on any atom is -0.459 e. The second kappa shape index (κ2) is 9.03. The van der Waals surface area contributed by atoms with Gasteiger partial charge in [-0.25, -0.2) is 9.79 Å². The Kier molecular flexibility index (Phi) is 6.32. The Labute approximate surface area is 199 Å². The lowest BCUT2D eigenvalue weighted by atomic mass is 9.96. The van der Waals surface area contributed by atoms with E-state index in [1.807, 2.05) is 25.1 Å². The molecule has 0 amide bonds. The molecule has 3 heterocycles. The van der Waals surface area contributed by atoms with E-state index in [1.165, 1.54) is 11.3 Å². The molecule has 0 N–H and O–H groups in total. The molecule has 1 atom stereocenters. The van der Waals surface area contributed by atoms with Crippen LogP contribution in [0.25, 0.3) is 6.08 Å². The summed E-state index contributed by atoms with van der Waals surface area (Å²) in [6.07, 6.45) is 1.39. The number of fused-ring (bicyclic) bond motifs is 1. The molecule has 0 spiro atoms. The Morgan fingerprint density at radius 2 is 1.94 bits per heavy atom. The number of anilines is 1. The van der Waals surface area contributed by atoms with Crippen LogP contribution in [0.4, 0.5) is 5.88 Å². The normalized spacial score (nSPS) is 16.1. The van der Waals surface area contributed by atoms with Gasteiger partial charge in [0.1, 0.15) is 5.76 Å². The number of allylic oxidation sites excluding steroid dienone is 1. The lowest BCUT2D eigenvalue weighted by Gasteiger charge is -2.25. The molecule has 7 nitrogen and oxygen atoms in total. The number of aromatic nitrogens is 1. The first-order chi connectivity index (χ1) is 15.7. The number of benzene rings is 1. The molecule has 0 saturated heterocycles. The second-order valence-electron chi connectivity index (χ2n) is 8.16. The number of hydrogen-bond donors (Lipinski definition) is 0. The highest BCUT2D eigenvalue weighted by atomic mass is 35.5. The van der Waals surface area contributed by atoms with Gasteiger partial charge in [-0.3, -0.25) is 9.36 Å². The Hall–Kier alpha value is -3.10. The zero-order valence-electron chi connectivity index (χ0n) is 19.0. The summed E-state index contributed by atoms with van der Waals surface area (Å²) in [6.45, 7) is 5.32. The maximum absolute atomic E-state index is 13.5. The van der Waals surface area contributed by atoms with Gasteiger partial charge in [0, 0.05) is 31.3 Å². The number of thiazole rings is 1. The van der Waals surface area contributed by atoms with Gasteiger partial charge in [-0.2, -0.15) is 0 Å². The van der Waals surface area contributed by atoms with Crippen molar-refractivity contribution in [1.82, 2.24) is 4.57 Å². The van der Waals surface area contributed by atoms with Crippen molar-refractivity contribution in [2.45, 2.75) is 32.9 Å². The topological polar surface area (TPSA) is 77.0 Å². The summed E-state index contributed by atoms with van der Waals surface area (Å²) in [4.78, 5) is 33.5. The van der Waals surface area contributed by atoms with Crippen LogP contribution in [0.1, 0.15) is 38.1 Å². The van der Waals surface area contributed by atoms with E-state index in [4.69, 9.17) is 20.8 Å². The molecule has 9 heteroatoms. The zero-order valence-corrected chi connectivity index (χ0v) is 20.5. The third-order valence-corrected chi connectivity index (χ3v) is 6.33. The van der Waals surface area contributed by atoms with Crippen LogP contribution < -0.4 is 19.8 Å². The van der Waals surface area contributed by atoms with E-state index in [0.717, 1.165) is 5.56 Å². The summed E-state index contributed by atoms with van der Waals surface area (Å²) in [5, 5.41) is 0.563. The van der Waals surface area contributed by atoms with Gasteiger partial charge in [0.05, 0.1) is 27.9 Å². The quantitative estimate of drug-likeness (QED) is 0.517. The molecule has 1 unspecified atom stereocenters. The molecule has 3 aromatic rings. The van der Waals surface area contributed by atoms with E-state index in [2.05, 4.69) is 4.99 Å². The average molecular weight is 486 g/mol. The molecule has 0 aliphatic carbocycles. The SMILES string of the molecule is CC1=C(C(=O)OC(C)C)C(c2ccc(Cl)cc2)n2c(s/c(=C/c3ccc(N(C)C)o3)c2=O)=N1. The third kappa shape index (κ3) is 4.54. The van der Waals surface area contributed by atoms with Gasteiger partial charge in [0.15, 0.2) is 10.7 Å². The molecule has 1 aromatic carbocycles. The van der Waals surface area contributed by atoms with Crippen LogP contribution in [0.2, 0.25) is 5.02 Å². The minimum atomic E-state index is -0.680. The maximum Gasteiger partial charge on any atom is 0.338 e. The van der Waals surface area contributed by atoms with E-state index < -0.39 is 12.0 Å². The Morgan fingerprint density at radius 3 is 2.55 bits per heavy atom. The highest BCUT2D eigenvalue weighted by Crippen LogP contribution is 2.31. The van der Waals surface area contributed by atoms with Gasteiger partial charge in [-0.05, 0) is 44.5 Å². The molecule has 0 saturated carbocycles. The fourth-order valence-electron chi connectivity index (χ4n) is 3.61. The molecule has 4 rings (SSSR count). The average Bonchev–Trinajstić information content (AvgIpc) is 3.32. The summed E-state index contributed by atoms with van der Waals surface area (Å²) in [5.74, 6) is 0.743. The number of rotatable bonds is 5. The molecule has 1 aliphatic rings. The first-order valence-corrected chi connectivity index (χ1v) is 11.6. The van der Waals surface area contributed by atoms with Crippen molar-refractivity contribution in [3.05, 3.63) is 83.7 Å². The van der Waals surface area contributed by atoms with E-state index in [1.54, 1.807) is 61.7 Å². The lowest BCUT2D eigenvalue weighted by molar-refractivity contribution is -0.143. The van der Waals surface area contributed by atoms with Crippen molar-refractivity contribution >= 4 is 40.9 Å². The Bertz CT molecular complexity index is 1410. The molecule has 172 valence electrons. The number of carbonyl (C=O) groups excluding carboxylic acids is 1. The van der Waals surface area contributed by atoms with Crippen molar-refractivity contribution in [3.63, 3.8) is 0 Å². The number of nitrogens with zero attached hydrogens (tertiary/aromatic N) is 3. The van der Waals surface area contributed by atoms with E-state index in [-0.39, 0.29) is 11.7 Å². The van der Waals surface area contributed by atoms with Crippen molar-refractivity contribution in [2.24, 2.45) is 4.99 Å². The monoisotopic (exact) mass is 485 g/mol. The number of furan rings is 1. The predicted octanol–water partition coefficient (Wildman–Crippen LogP) is 3.50. The van der Waals surface area contributed by atoms with Crippen molar-refractivity contribution in [2.75, 3.05) is 19.0 Å². The van der Waals surface area contributed by atoms with Crippen LogP contribution in [0.15, 0.2) is 61.9 Å². The molecule has 0 fully saturated rings. The predicted molar refractivity (Wildman–Crippen MR) is 129 cm³/mol. The van der Waals surface area contributed by atoms with E-state index in [9.17, 15) is 9.59 Å². The molecule has 33 heavy (non-hydrogen) atoms. The standard InChI is InChI=1S/C24H24ClN3O4S/c1-13(2)31-23(30)20-14(3)26-24-28(21(20)15-6-8-16(25)9-7-15)22(29)18(33-24)12-17-10-11-19(32-17)27(4)5/h6-13,21H,1-5H3/b18-12+. The molecule has 2 aromatic heterocycles. The first kappa shape index (κ1) is 23.1. The van der Waals surface area contributed by atoms with E-state index in [0.29, 0.717) is 37.3 Å². The largest absolute Gasteiger partial charge is 0.459 e. The van der Waals surface area contributed by atoms with Crippen LogP contribution in [-0.2, 0) is 9.53 Å². The number of hydrogen-bond acceptors (Lipinski definition) is 7. The second-order valence-corrected chi connectivity index (χ2v) is 9.60. The molecule has 0 radical (unpaired) electrons. The smallest absolute Gasteiger partial charge is 0.338 e. The van der Waals surface area contributed by atoms with Gasteiger partial charge in [-0.1, -0.05) is 35.1 Å². The fourth-order valence-corrected chi connectivity index (χ4v) is 4.76. The van der Waals surface area contributed by atoms with Crippen molar-refractivity contribution in [1.29, 1.82) is 0 Å². The first-order valence-electron chi connectivity index (χ1n) is 10.4. The molecular formula is C24H24ClN3O4S. The summed E-state index contributed by atoms with van der Waals surface area (Å²) >= 11 is 7.34. The van der Waals surface area contributed by atoms with E-state index >= 15 is 0 Å². The van der Waals surface area contributed by atoms with Crippen LogP contribution in [0, 0.1) is 0 Å². The van der Waals surface area contributed by atoms with Gasteiger partial charge in [-0.15, -0.1) is 0 Å². The van der Waals surface area contributed by atoms with Gasteiger partial charge in [0.25, 0.3) is 5.56 Å². The number of esters is 1. The van der Waals surface area contributed by atoms with Gasteiger partial charge >= 0.3 is 5.97 Å². The number of halogens is 1. The summed E-state index contributed by atoms with van der Waals surface area (Å²) < 4.78 is 13.3. The number of ether oxygens (including phenoxy) is 1. The van der Waals surface area contributed by atoms with Crippen molar-refractivity contribution in [3.8, 4) is 0 Å². The lowest BCUT2D eigenvalue weighted by Crippen LogP contribution is -2.40. The summed E-state index contributed by atoms with van der Waals surface area (Å²) in [7, 11) is 3.76. The molecular weight excluding hydrogens is 462 g/mol. The molecule has 1 aliphatic heterocycles. The Balaban J connectivity index is 1.91. The van der Waals surface area contributed by atoms with Gasteiger partial charge < -0.3 is 14.1 Å². The third-order valence-electron chi connectivity index (χ3n) is 5.10. The van der Waals surface area contributed by atoms with Crippen LogP contribution >= 0.6 is 22.9 Å². The maximum atomic E-state index is 13.5. The number of carbonyl (C=O) groups is 1. The van der Waals surface area contributed by atoms with Crippen molar-refractivity contribution < 1.29 is 13.9 Å². The fraction of sp³-hybridized carbons (Fsp3) is 0.292. The minimum absolute atomic E-state index is 0.260. The van der Waals surface area contributed by atoms with Gasteiger partial charge in [0.2, 0.25) is 0 Å². The van der Waals surface area contributed by atoms with Crippen LogP contribution in [-0.4, -0.2) is 30.7 Å². The highest BCUT2D eigenvalue weighted by Gasteiger charge is 2.33. The van der Waals surface area contributed by atoms with Crippen LogP contribution in [0.5, 0.6) is 0 Å².